The first-order valence-electron chi connectivity index (χ1n) is 9.26. The molecule has 132 valence electrons. The lowest BCUT2D eigenvalue weighted by molar-refractivity contribution is -0.162. The topological polar surface area (TPSA) is 26.3 Å². The van der Waals surface area contributed by atoms with Gasteiger partial charge in [-0.3, -0.25) is 4.79 Å². The zero-order chi connectivity index (χ0) is 17.7. The molecule has 1 aromatic rings. The molecule has 0 heterocycles. The maximum Gasteiger partial charge on any atom is 0.316 e. The van der Waals surface area contributed by atoms with E-state index in [1.807, 2.05) is 43.3 Å². The second-order valence-electron chi connectivity index (χ2n) is 7.96. The Kier molecular flexibility index (Phi) is 6.26. The van der Waals surface area contributed by atoms with Crippen molar-refractivity contribution in [1.29, 1.82) is 0 Å². The highest BCUT2D eigenvalue weighted by Gasteiger charge is 2.40. The van der Waals surface area contributed by atoms with Gasteiger partial charge in [-0.15, -0.1) is 6.58 Å². The summed E-state index contributed by atoms with van der Waals surface area (Å²) >= 11 is 0. The molecule has 0 aliphatic heterocycles. The highest BCUT2D eigenvalue weighted by molar-refractivity contribution is 5.83. The summed E-state index contributed by atoms with van der Waals surface area (Å²) in [5, 5.41) is 0. The van der Waals surface area contributed by atoms with Gasteiger partial charge in [0.05, 0.1) is 5.41 Å². The van der Waals surface area contributed by atoms with E-state index in [1.54, 1.807) is 0 Å². The average molecular weight is 328 g/mol. The van der Waals surface area contributed by atoms with Crippen LogP contribution in [-0.2, 0) is 14.9 Å². The Morgan fingerprint density at radius 2 is 2.00 bits per heavy atom. The van der Waals surface area contributed by atoms with Crippen molar-refractivity contribution >= 4 is 5.97 Å². The minimum atomic E-state index is -0.661. The summed E-state index contributed by atoms with van der Waals surface area (Å²) in [4.78, 5) is 13.1. The van der Waals surface area contributed by atoms with Gasteiger partial charge < -0.3 is 4.74 Å². The predicted molar refractivity (Wildman–Crippen MR) is 99.8 cm³/mol. The molecule has 1 aliphatic carbocycles. The van der Waals surface area contributed by atoms with Crippen molar-refractivity contribution in [3.8, 4) is 0 Å². The predicted octanol–water partition coefficient (Wildman–Crippen LogP) is 5.52. The summed E-state index contributed by atoms with van der Waals surface area (Å²) < 4.78 is 6.12. The minimum Gasteiger partial charge on any atom is -0.461 e. The smallest absolute Gasteiger partial charge is 0.316 e. The molecule has 0 spiro atoms. The van der Waals surface area contributed by atoms with E-state index in [0.29, 0.717) is 24.2 Å². The number of rotatable bonds is 6. The first-order chi connectivity index (χ1) is 11.4. The SMILES string of the molecule is C=CC[C@@](C)(C(=O)O[C@@H]1C[C@H](C)CC[C@H]1C(C)C)c1ccccc1. The summed E-state index contributed by atoms with van der Waals surface area (Å²) in [5.74, 6) is 1.52. The first kappa shape index (κ1) is 18.8. The molecule has 2 nitrogen and oxygen atoms in total. The average Bonchev–Trinajstić information content (AvgIpc) is 2.55. The van der Waals surface area contributed by atoms with Gasteiger partial charge in [-0.1, -0.05) is 63.6 Å². The van der Waals surface area contributed by atoms with Gasteiger partial charge in [-0.25, -0.2) is 0 Å². The molecular weight excluding hydrogens is 296 g/mol. The molecule has 4 atom stereocenters. The van der Waals surface area contributed by atoms with Crippen LogP contribution in [0.3, 0.4) is 0 Å². The van der Waals surface area contributed by atoms with Crippen molar-refractivity contribution < 1.29 is 9.53 Å². The number of benzene rings is 1. The molecule has 0 N–H and O–H groups in total. The quantitative estimate of drug-likeness (QED) is 0.507. The van der Waals surface area contributed by atoms with Gasteiger partial charge in [0.1, 0.15) is 6.10 Å². The Morgan fingerprint density at radius 3 is 2.58 bits per heavy atom. The van der Waals surface area contributed by atoms with Crippen LogP contribution in [0.1, 0.15) is 58.9 Å². The second kappa shape index (κ2) is 8.00. The summed E-state index contributed by atoms with van der Waals surface area (Å²) in [5.41, 5.74) is 0.338. The van der Waals surface area contributed by atoms with Gasteiger partial charge >= 0.3 is 5.97 Å². The van der Waals surface area contributed by atoms with E-state index in [9.17, 15) is 4.79 Å². The fraction of sp³-hybridized carbons (Fsp3) is 0.591. The highest BCUT2D eigenvalue weighted by Crippen LogP contribution is 2.38. The fourth-order valence-electron chi connectivity index (χ4n) is 3.93. The van der Waals surface area contributed by atoms with Gasteiger partial charge in [0, 0.05) is 0 Å². The van der Waals surface area contributed by atoms with Crippen LogP contribution >= 0.6 is 0 Å². The van der Waals surface area contributed by atoms with Gasteiger partial charge in [0.25, 0.3) is 0 Å². The maximum atomic E-state index is 13.1. The van der Waals surface area contributed by atoms with E-state index in [1.165, 1.54) is 6.42 Å². The number of hydrogen-bond acceptors (Lipinski definition) is 2. The van der Waals surface area contributed by atoms with Crippen LogP contribution in [0.2, 0.25) is 0 Å². The molecule has 0 aromatic heterocycles. The number of carbonyl (C=O) groups excluding carboxylic acids is 1. The molecule has 2 heteroatoms. The van der Waals surface area contributed by atoms with Gasteiger partial charge in [-0.2, -0.15) is 0 Å². The van der Waals surface area contributed by atoms with E-state index in [2.05, 4.69) is 27.4 Å². The van der Waals surface area contributed by atoms with Crippen molar-refractivity contribution in [2.24, 2.45) is 17.8 Å². The van der Waals surface area contributed by atoms with Crippen molar-refractivity contribution in [2.75, 3.05) is 0 Å². The number of carbonyl (C=O) groups is 1. The van der Waals surface area contributed by atoms with Crippen molar-refractivity contribution in [3.63, 3.8) is 0 Å². The molecule has 1 aromatic carbocycles. The number of esters is 1. The molecule has 0 amide bonds. The molecule has 0 bridgehead atoms. The van der Waals surface area contributed by atoms with Crippen LogP contribution in [0.5, 0.6) is 0 Å². The summed E-state index contributed by atoms with van der Waals surface area (Å²) in [7, 11) is 0. The van der Waals surface area contributed by atoms with Gasteiger partial charge in [0.15, 0.2) is 0 Å². The Balaban J connectivity index is 2.22. The molecule has 0 radical (unpaired) electrons. The zero-order valence-electron chi connectivity index (χ0n) is 15.6. The number of ether oxygens (including phenoxy) is 1. The Bertz CT molecular complexity index is 548. The monoisotopic (exact) mass is 328 g/mol. The zero-order valence-corrected chi connectivity index (χ0v) is 15.6. The van der Waals surface area contributed by atoms with Crippen LogP contribution in [0.15, 0.2) is 43.0 Å². The molecule has 2 rings (SSSR count). The van der Waals surface area contributed by atoms with Gasteiger partial charge in [0.2, 0.25) is 0 Å². The number of hydrogen-bond donors (Lipinski definition) is 0. The third-order valence-electron chi connectivity index (χ3n) is 5.63. The molecule has 1 aliphatic rings. The van der Waals surface area contributed by atoms with E-state index < -0.39 is 5.41 Å². The lowest BCUT2D eigenvalue weighted by Gasteiger charge is -2.39. The Labute approximate surface area is 147 Å². The standard InChI is InChI=1S/C22H32O2/c1-6-14-22(5,18-10-8-7-9-11-18)21(23)24-20-15-17(4)12-13-19(20)16(2)3/h6-11,16-17,19-20H,1,12-15H2,2-5H3/t17-,19+,20-,22-/m1/s1. The third kappa shape index (κ3) is 4.09. The Morgan fingerprint density at radius 1 is 1.33 bits per heavy atom. The largest absolute Gasteiger partial charge is 0.461 e. The van der Waals surface area contributed by atoms with E-state index in [-0.39, 0.29) is 12.1 Å². The second-order valence-corrected chi connectivity index (χ2v) is 7.96. The molecule has 1 saturated carbocycles. The van der Waals surface area contributed by atoms with Crippen molar-refractivity contribution in [3.05, 3.63) is 48.6 Å². The summed E-state index contributed by atoms with van der Waals surface area (Å²) in [6.07, 6.45) is 5.81. The molecular formula is C22H32O2. The summed E-state index contributed by atoms with van der Waals surface area (Å²) in [6.45, 7) is 12.6. The molecule has 0 unspecified atom stereocenters. The summed E-state index contributed by atoms with van der Waals surface area (Å²) in [6, 6.07) is 9.94. The minimum absolute atomic E-state index is 0.0362. The molecule has 0 saturated heterocycles. The van der Waals surface area contributed by atoms with Gasteiger partial charge in [-0.05, 0) is 49.5 Å². The van der Waals surface area contributed by atoms with Crippen LogP contribution in [0.25, 0.3) is 0 Å². The van der Waals surface area contributed by atoms with Crippen molar-refractivity contribution in [2.45, 2.75) is 64.9 Å². The molecule has 1 fully saturated rings. The van der Waals surface area contributed by atoms with Crippen LogP contribution in [0, 0.1) is 17.8 Å². The van der Waals surface area contributed by atoms with E-state index >= 15 is 0 Å². The van der Waals surface area contributed by atoms with Crippen LogP contribution in [-0.4, -0.2) is 12.1 Å². The van der Waals surface area contributed by atoms with Crippen LogP contribution in [0.4, 0.5) is 0 Å². The van der Waals surface area contributed by atoms with Crippen LogP contribution < -0.4 is 0 Å². The third-order valence-corrected chi connectivity index (χ3v) is 5.63. The first-order valence-corrected chi connectivity index (χ1v) is 9.26. The Hall–Kier alpha value is -1.57. The maximum absolute atomic E-state index is 13.1. The van der Waals surface area contributed by atoms with E-state index in [0.717, 1.165) is 18.4 Å². The van der Waals surface area contributed by atoms with E-state index in [4.69, 9.17) is 4.74 Å². The lowest BCUT2D eigenvalue weighted by atomic mass is 9.75. The highest BCUT2D eigenvalue weighted by atomic mass is 16.5. The fourth-order valence-corrected chi connectivity index (χ4v) is 3.93. The number of allylic oxidation sites excluding steroid dienone is 1. The van der Waals surface area contributed by atoms with Crippen molar-refractivity contribution in [1.82, 2.24) is 0 Å². The normalized spacial score (nSPS) is 26.6. The molecule has 24 heavy (non-hydrogen) atoms. The lowest BCUT2D eigenvalue weighted by Crippen LogP contribution is -2.42.